The number of amides is 1. The Kier molecular flexibility index (Phi) is 4.40. The lowest BCUT2D eigenvalue weighted by Crippen LogP contribution is -2.40. The minimum absolute atomic E-state index is 0.183. The Labute approximate surface area is 151 Å². The number of fused-ring (bicyclic) bond motifs is 1. The molecule has 1 amide bonds. The molecule has 0 aliphatic carbocycles. The average Bonchev–Trinajstić information content (AvgIpc) is 3.16. The van der Waals surface area contributed by atoms with Gasteiger partial charge in [-0.2, -0.15) is 0 Å². The second-order valence-corrected chi connectivity index (χ2v) is 6.65. The first-order valence-electron chi connectivity index (χ1n) is 8.44. The molecule has 130 valence electrons. The number of nitrogens with zero attached hydrogens (tertiary/aromatic N) is 1. The minimum Gasteiger partial charge on any atom is -0.485 e. The third-order valence-corrected chi connectivity index (χ3v) is 4.70. The maximum atomic E-state index is 12.7. The lowest BCUT2D eigenvalue weighted by Gasteiger charge is -2.27. The van der Waals surface area contributed by atoms with Gasteiger partial charge in [-0.1, -0.05) is 23.7 Å². The van der Waals surface area contributed by atoms with Crippen LogP contribution in [0.3, 0.4) is 0 Å². The summed E-state index contributed by atoms with van der Waals surface area (Å²) in [6.45, 7) is 2.16. The Morgan fingerprint density at radius 3 is 2.68 bits per heavy atom. The van der Waals surface area contributed by atoms with Gasteiger partial charge in [0.15, 0.2) is 11.5 Å². The highest BCUT2D eigenvalue weighted by molar-refractivity contribution is 6.31. The number of anilines is 2. The maximum absolute atomic E-state index is 12.7. The predicted molar refractivity (Wildman–Crippen MR) is 97.9 cm³/mol. The van der Waals surface area contributed by atoms with Crippen LogP contribution in [-0.2, 0) is 4.79 Å². The van der Waals surface area contributed by atoms with Gasteiger partial charge in [0.1, 0.15) is 6.61 Å². The van der Waals surface area contributed by atoms with Gasteiger partial charge >= 0.3 is 0 Å². The van der Waals surface area contributed by atoms with Crippen molar-refractivity contribution in [2.24, 2.45) is 0 Å². The van der Waals surface area contributed by atoms with E-state index < -0.39 is 6.10 Å². The van der Waals surface area contributed by atoms with Crippen LogP contribution in [0, 0.1) is 0 Å². The molecule has 5 nitrogen and oxygen atoms in total. The molecule has 1 fully saturated rings. The van der Waals surface area contributed by atoms with E-state index in [-0.39, 0.29) is 12.5 Å². The predicted octanol–water partition coefficient (Wildman–Crippen LogP) is 3.72. The van der Waals surface area contributed by atoms with Crippen molar-refractivity contribution in [1.29, 1.82) is 0 Å². The summed E-state index contributed by atoms with van der Waals surface area (Å²) in [5.41, 5.74) is 1.70. The molecule has 0 radical (unpaired) electrons. The van der Waals surface area contributed by atoms with Crippen LogP contribution in [0.5, 0.6) is 11.5 Å². The number of halogens is 1. The zero-order chi connectivity index (χ0) is 17.2. The van der Waals surface area contributed by atoms with Crippen LogP contribution >= 0.6 is 11.6 Å². The largest absolute Gasteiger partial charge is 0.485 e. The van der Waals surface area contributed by atoms with Crippen molar-refractivity contribution in [3.05, 3.63) is 47.5 Å². The standard InChI is InChI=1S/C19H19ClN2O3/c20-13-7-8-15(22-9-3-4-10-22)14(11-13)21-19(23)18-12-24-16-5-1-2-6-17(16)25-18/h1-2,5-8,11,18H,3-4,9-10,12H2,(H,21,23)/t18-/m0/s1. The van der Waals surface area contributed by atoms with Crippen LogP contribution < -0.4 is 19.7 Å². The van der Waals surface area contributed by atoms with Crippen molar-refractivity contribution >= 4 is 28.9 Å². The second-order valence-electron chi connectivity index (χ2n) is 6.21. The minimum atomic E-state index is -0.694. The number of rotatable bonds is 3. The van der Waals surface area contributed by atoms with Crippen molar-refractivity contribution in [3.63, 3.8) is 0 Å². The molecule has 1 N–H and O–H groups in total. The van der Waals surface area contributed by atoms with Gasteiger partial charge in [-0.25, -0.2) is 0 Å². The molecule has 2 aliphatic rings. The highest BCUT2D eigenvalue weighted by Crippen LogP contribution is 2.33. The van der Waals surface area contributed by atoms with E-state index in [1.807, 2.05) is 30.3 Å². The molecule has 0 unspecified atom stereocenters. The molecule has 2 heterocycles. The zero-order valence-corrected chi connectivity index (χ0v) is 14.5. The van der Waals surface area contributed by atoms with E-state index in [1.54, 1.807) is 12.1 Å². The molecule has 0 saturated carbocycles. The number of hydrogen-bond acceptors (Lipinski definition) is 4. The van der Waals surface area contributed by atoms with Gasteiger partial charge in [-0.15, -0.1) is 0 Å². The Morgan fingerprint density at radius 1 is 1.12 bits per heavy atom. The first-order chi connectivity index (χ1) is 12.2. The summed E-state index contributed by atoms with van der Waals surface area (Å²) in [5.74, 6) is 1.00. The van der Waals surface area contributed by atoms with E-state index in [4.69, 9.17) is 21.1 Å². The van der Waals surface area contributed by atoms with Crippen molar-refractivity contribution in [2.45, 2.75) is 18.9 Å². The maximum Gasteiger partial charge on any atom is 0.269 e. The molecule has 6 heteroatoms. The van der Waals surface area contributed by atoms with Gasteiger partial charge in [0.2, 0.25) is 6.10 Å². The zero-order valence-electron chi connectivity index (χ0n) is 13.7. The molecule has 2 aliphatic heterocycles. The third-order valence-electron chi connectivity index (χ3n) is 4.46. The Hall–Kier alpha value is -2.40. The highest BCUT2D eigenvalue weighted by Gasteiger charge is 2.28. The fourth-order valence-corrected chi connectivity index (χ4v) is 3.38. The van der Waals surface area contributed by atoms with Crippen LogP contribution in [0.15, 0.2) is 42.5 Å². The lowest BCUT2D eigenvalue weighted by molar-refractivity contribution is -0.125. The molecule has 1 saturated heterocycles. The topological polar surface area (TPSA) is 50.8 Å². The third kappa shape index (κ3) is 3.37. The Balaban J connectivity index is 1.52. The second kappa shape index (κ2) is 6.84. The molecule has 0 bridgehead atoms. The van der Waals surface area contributed by atoms with Crippen molar-refractivity contribution < 1.29 is 14.3 Å². The number of benzene rings is 2. The quantitative estimate of drug-likeness (QED) is 0.908. The summed E-state index contributed by atoms with van der Waals surface area (Å²) in [7, 11) is 0. The number of carbonyl (C=O) groups is 1. The van der Waals surface area contributed by atoms with Crippen molar-refractivity contribution in [3.8, 4) is 11.5 Å². The molecular weight excluding hydrogens is 340 g/mol. The number of nitrogens with one attached hydrogen (secondary N) is 1. The van der Waals surface area contributed by atoms with Crippen LogP contribution in [0.1, 0.15) is 12.8 Å². The molecule has 2 aromatic carbocycles. The SMILES string of the molecule is O=C(Nc1cc(Cl)ccc1N1CCCC1)[C@@H]1COc2ccccc2O1. The molecule has 2 aromatic rings. The first-order valence-corrected chi connectivity index (χ1v) is 8.82. The van der Waals surface area contributed by atoms with Crippen molar-refractivity contribution in [1.82, 2.24) is 0 Å². The van der Waals surface area contributed by atoms with E-state index in [9.17, 15) is 4.79 Å². The van der Waals surface area contributed by atoms with E-state index in [0.29, 0.717) is 22.2 Å². The van der Waals surface area contributed by atoms with Crippen LogP contribution in [0.25, 0.3) is 0 Å². The van der Waals surface area contributed by atoms with Crippen LogP contribution in [0.4, 0.5) is 11.4 Å². The summed E-state index contributed by atoms with van der Waals surface area (Å²) < 4.78 is 11.4. The number of hydrogen-bond donors (Lipinski definition) is 1. The van der Waals surface area contributed by atoms with Gasteiger partial charge < -0.3 is 19.7 Å². The van der Waals surface area contributed by atoms with E-state index in [0.717, 1.165) is 31.6 Å². The first kappa shape index (κ1) is 16.1. The lowest BCUT2D eigenvalue weighted by atomic mass is 10.2. The fraction of sp³-hybridized carbons (Fsp3) is 0.316. The fourth-order valence-electron chi connectivity index (χ4n) is 3.20. The van der Waals surface area contributed by atoms with Gasteiger partial charge in [-0.05, 0) is 43.2 Å². The summed E-state index contributed by atoms with van der Waals surface area (Å²) >= 11 is 6.13. The van der Waals surface area contributed by atoms with Gasteiger partial charge in [0.05, 0.1) is 11.4 Å². The number of para-hydroxylation sites is 2. The monoisotopic (exact) mass is 358 g/mol. The van der Waals surface area contributed by atoms with Gasteiger partial charge in [-0.3, -0.25) is 4.79 Å². The summed E-state index contributed by atoms with van der Waals surface area (Å²) in [6, 6.07) is 12.9. The van der Waals surface area contributed by atoms with E-state index in [1.165, 1.54) is 0 Å². The number of ether oxygens (including phenoxy) is 2. The number of carbonyl (C=O) groups excluding carboxylic acids is 1. The molecular formula is C19H19ClN2O3. The molecule has 0 aromatic heterocycles. The summed E-state index contributed by atoms with van der Waals surface area (Å²) in [5, 5.41) is 3.55. The smallest absolute Gasteiger partial charge is 0.269 e. The van der Waals surface area contributed by atoms with Gasteiger partial charge in [0.25, 0.3) is 5.91 Å². The highest BCUT2D eigenvalue weighted by atomic mass is 35.5. The summed E-state index contributed by atoms with van der Waals surface area (Å²) in [6.07, 6.45) is 1.62. The summed E-state index contributed by atoms with van der Waals surface area (Å²) in [4.78, 5) is 14.9. The molecule has 4 rings (SSSR count). The van der Waals surface area contributed by atoms with Crippen LogP contribution in [-0.4, -0.2) is 31.7 Å². The van der Waals surface area contributed by atoms with Crippen molar-refractivity contribution in [2.75, 3.05) is 29.9 Å². The molecule has 1 atom stereocenters. The normalized spacial score (nSPS) is 18.9. The molecule has 25 heavy (non-hydrogen) atoms. The Bertz CT molecular complexity index is 790. The Morgan fingerprint density at radius 2 is 1.88 bits per heavy atom. The average molecular weight is 359 g/mol. The van der Waals surface area contributed by atoms with Gasteiger partial charge in [0, 0.05) is 18.1 Å². The van der Waals surface area contributed by atoms with E-state index >= 15 is 0 Å². The molecule has 0 spiro atoms. The van der Waals surface area contributed by atoms with E-state index in [2.05, 4.69) is 10.2 Å². The van der Waals surface area contributed by atoms with Crippen LogP contribution in [0.2, 0.25) is 5.02 Å².